The molecular formula is C25H37NO3. The number of hydrogen-bond acceptors (Lipinski definition) is 3. The Bertz CT molecular complexity index is 691. The lowest BCUT2D eigenvalue weighted by Gasteiger charge is -2.28. The first-order valence-electron chi connectivity index (χ1n) is 11.0. The van der Waals surface area contributed by atoms with Gasteiger partial charge in [0.2, 0.25) is 5.91 Å². The highest BCUT2D eigenvalue weighted by molar-refractivity contribution is 5.88. The van der Waals surface area contributed by atoms with Crippen molar-refractivity contribution in [2.45, 2.75) is 66.3 Å². The molecule has 0 aliphatic carbocycles. The van der Waals surface area contributed by atoms with E-state index in [4.69, 9.17) is 4.74 Å². The maximum absolute atomic E-state index is 13.3. The van der Waals surface area contributed by atoms with Crippen LogP contribution in [-0.4, -0.2) is 24.3 Å². The van der Waals surface area contributed by atoms with E-state index in [1.54, 1.807) is 6.92 Å². The molecular weight excluding hydrogens is 362 g/mol. The van der Waals surface area contributed by atoms with Crippen LogP contribution in [-0.2, 0) is 16.0 Å². The van der Waals surface area contributed by atoms with Gasteiger partial charge in [0, 0.05) is 5.92 Å². The Hall–Kier alpha value is -2.10. The summed E-state index contributed by atoms with van der Waals surface area (Å²) in [5.41, 5.74) is 1.02. The lowest BCUT2D eigenvalue weighted by atomic mass is 9.81. The number of carbonyl (C=O) groups excluding carboxylic acids is 2. The third kappa shape index (κ3) is 7.68. The molecule has 0 saturated heterocycles. The van der Waals surface area contributed by atoms with Crippen molar-refractivity contribution in [2.75, 3.05) is 6.61 Å². The average Bonchev–Trinajstić information content (AvgIpc) is 2.65. The van der Waals surface area contributed by atoms with Gasteiger partial charge in [-0.2, -0.15) is 0 Å². The van der Waals surface area contributed by atoms with Crippen molar-refractivity contribution in [3.05, 3.63) is 42.0 Å². The van der Waals surface area contributed by atoms with E-state index in [0.717, 1.165) is 30.6 Å². The number of allylic oxidation sites excluding steroid dienone is 2. The molecule has 3 atom stereocenters. The van der Waals surface area contributed by atoms with Crippen LogP contribution >= 0.6 is 0 Å². The van der Waals surface area contributed by atoms with Crippen molar-refractivity contribution in [1.29, 1.82) is 0 Å². The summed E-state index contributed by atoms with van der Waals surface area (Å²) in [5.74, 6) is 1.66. The fourth-order valence-corrected chi connectivity index (χ4v) is 3.82. The molecule has 0 unspecified atom stereocenters. The Balaban J connectivity index is 2.34. The molecule has 0 fully saturated rings. The summed E-state index contributed by atoms with van der Waals surface area (Å²) >= 11 is 0. The smallest absolute Gasteiger partial charge is 0.224 e. The van der Waals surface area contributed by atoms with Gasteiger partial charge in [0.15, 0.2) is 5.78 Å². The van der Waals surface area contributed by atoms with Crippen molar-refractivity contribution < 1.29 is 14.3 Å². The average molecular weight is 400 g/mol. The van der Waals surface area contributed by atoms with E-state index >= 15 is 0 Å². The third-order valence-electron chi connectivity index (χ3n) is 5.44. The molecule has 2 aliphatic rings. The highest BCUT2D eigenvalue weighted by Crippen LogP contribution is 2.28. The van der Waals surface area contributed by atoms with Crippen LogP contribution in [0.2, 0.25) is 0 Å². The minimum absolute atomic E-state index is 0.00750. The van der Waals surface area contributed by atoms with E-state index in [0.29, 0.717) is 24.9 Å². The summed E-state index contributed by atoms with van der Waals surface area (Å²) in [4.78, 5) is 25.6. The maximum Gasteiger partial charge on any atom is 0.224 e. The normalized spacial score (nSPS) is 23.8. The maximum atomic E-state index is 13.3. The molecule has 160 valence electrons. The van der Waals surface area contributed by atoms with Crippen molar-refractivity contribution in [3.63, 3.8) is 0 Å². The lowest BCUT2D eigenvalue weighted by Crippen LogP contribution is -2.46. The molecule has 2 aliphatic heterocycles. The predicted molar refractivity (Wildman–Crippen MR) is 118 cm³/mol. The minimum atomic E-state index is -0.499. The Morgan fingerprint density at radius 3 is 2.48 bits per heavy atom. The van der Waals surface area contributed by atoms with E-state index in [2.05, 4.69) is 45.2 Å². The molecule has 1 aromatic rings. The molecule has 2 bridgehead atoms. The van der Waals surface area contributed by atoms with Crippen LogP contribution in [0.1, 0.15) is 59.4 Å². The van der Waals surface area contributed by atoms with Crippen LogP contribution in [0.5, 0.6) is 5.75 Å². The molecule has 1 aromatic carbocycles. The topological polar surface area (TPSA) is 55.4 Å². The SMILES string of the molecule is CC(=O)[C@@H]1Cc2ccc(cc2)OCCC[C@H](/C=C/C(C)C)[C@@H](CC(C)C)C(=O)N1. The van der Waals surface area contributed by atoms with Crippen LogP contribution in [0.3, 0.4) is 0 Å². The van der Waals surface area contributed by atoms with Crippen LogP contribution in [0.15, 0.2) is 36.4 Å². The number of ether oxygens (including phenoxy) is 1. The first-order chi connectivity index (χ1) is 13.8. The van der Waals surface area contributed by atoms with E-state index in [1.165, 1.54) is 0 Å². The van der Waals surface area contributed by atoms with E-state index in [1.807, 2.05) is 24.3 Å². The summed E-state index contributed by atoms with van der Waals surface area (Å²) in [7, 11) is 0. The molecule has 0 aromatic heterocycles. The van der Waals surface area contributed by atoms with Crippen LogP contribution in [0.4, 0.5) is 0 Å². The predicted octanol–water partition coefficient (Wildman–Crippen LogP) is 4.97. The van der Waals surface area contributed by atoms with Gasteiger partial charge in [-0.25, -0.2) is 0 Å². The van der Waals surface area contributed by atoms with Crippen LogP contribution in [0, 0.1) is 23.7 Å². The summed E-state index contributed by atoms with van der Waals surface area (Å²) in [6.07, 6.45) is 7.47. The first kappa shape index (κ1) is 23.2. The first-order valence-corrected chi connectivity index (χ1v) is 11.0. The van der Waals surface area contributed by atoms with Gasteiger partial charge in [-0.3, -0.25) is 9.59 Å². The van der Waals surface area contributed by atoms with Gasteiger partial charge >= 0.3 is 0 Å². The number of nitrogens with one attached hydrogen (secondary N) is 1. The summed E-state index contributed by atoms with van der Waals surface area (Å²) in [6.45, 7) is 10.8. The second kappa shape index (κ2) is 11.2. The van der Waals surface area contributed by atoms with Gasteiger partial charge < -0.3 is 10.1 Å². The van der Waals surface area contributed by atoms with Crippen molar-refractivity contribution in [3.8, 4) is 5.75 Å². The second-order valence-electron chi connectivity index (χ2n) is 9.04. The molecule has 4 nitrogen and oxygen atoms in total. The number of rotatable bonds is 5. The quantitative estimate of drug-likeness (QED) is 0.712. The van der Waals surface area contributed by atoms with Crippen molar-refractivity contribution in [1.82, 2.24) is 5.32 Å². The fraction of sp³-hybridized carbons (Fsp3) is 0.600. The largest absolute Gasteiger partial charge is 0.494 e. The number of benzene rings is 1. The highest BCUT2D eigenvalue weighted by atomic mass is 16.5. The number of hydrogen-bond donors (Lipinski definition) is 1. The van der Waals surface area contributed by atoms with Crippen LogP contribution < -0.4 is 10.1 Å². The van der Waals surface area contributed by atoms with E-state index < -0.39 is 6.04 Å². The zero-order valence-electron chi connectivity index (χ0n) is 18.6. The van der Waals surface area contributed by atoms with E-state index in [9.17, 15) is 9.59 Å². The zero-order chi connectivity index (χ0) is 21.4. The van der Waals surface area contributed by atoms with Crippen molar-refractivity contribution in [2.24, 2.45) is 23.7 Å². The molecule has 0 spiro atoms. The number of amides is 1. The molecule has 4 heteroatoms. The Labute approximate surface area is 176 Å². The van der Waals surface area contributed by atoms with Gasteiger partial charge in [-0.15, -0.1) is 0 Å². The third-order valence-corrected chi connectivity index (χ3v) is 5.44. The molecule has 1 N–H and O–H groups in total. The monoisotopic (exact) mass is 399 g/mol. The Morgan fingerprint density at radius 1 is 1.21 bits per heavy atom. The molecule has 1 amide bonds. The van der Waals surface area contributed by atoms with E-state index in [-0.39, 0.29) is 23.5 Å². The molecule has 3 rings (SSSR count). The molecule has 29 heavy (non-hydrogen) atoms. The zero-order valence-corrected chi connectivity index (χ0v) is 18.6. The Morgan fingerprint density at radius 2 is 1.90 bits per heavy atom. The number of Topliss-reactive ketones (excluding diaryl/α,β-unsaturated/α-hetero) is 1. The number of carbonyl (C=O) groups is 2. The summed E-state index contributed by atoms with van der Waals surface area (Å²) in [5, 5.41) is 3.08. The minimum Gasteiger partial charge on any atom is -0.494 e. The van der Waals surface area contributed by atoms with Gasteiger partial charge in [-0.05, 0) is 68.1 Å². The standard InChI is InChI=1S/C25H37NO3/c1-17(2)8-11-21-7-6-14-29-22-12-9-20(10-13-22)16-24(19(5)27)26-25(28)23(21)15-18(3)4/h8-13,17-18,21,23-24H,6-7,14-16H2,1-5H3,(H,26,28)/b11-8+/t21-,23-,24+/m1/s1. The van der Waals surface area contributed by atoms with Crippen molar-refractivity contribution >= 4 is 11.7 Å². The lowest BCUT2D eigenvalue weighted by molar-refractivity contribution is -0.131. The van der Waals surface area contributed by atoms with Gasteiger partial charge in [0.25, 0.3) is 0 Å². The summed E-state index contributed by atoms with van der Waals surface area (Å²) in [6, 6.07) is 7.34. The van der Waals surface area contributed by atoms with Gasteiger partial charge in [-0.1, -0.05) is 52.0 Å². The molecule has 2 heterocycles. The fourth-order valence-electron chi connectivity index (χ4n) is 3.82. The highest BCUT2D eigenvalue weighted by Gasteiger charge is 2.30. The molecule has 0 radical (unpaired) electrons. The number of ketones is 1. The van der Waals surface area contributed by atoms with Gasteiger partial charge in [0.1, 0.15) is 5.75 Å². The van der Waals surface area contributed by atoms with Crippen LogP contribution in [0.25, 0.3) is 0 Å². The number of fused-ring (bicyclic) bond motifs is 11. The van der Waals surface area contributed by atoms with Gasteiger partial charge in [0.05, 0.1) is 12.6 Å². The Kier molecular flexibility index (Phi) is 8.94. The summed E-state index contributed by atoms with van der Waals surface area (Å²) < 4.78 is 5.90. The second-order valence-corrected chi connectivity index (χ2v) is 9.04. The molecule has 0 saturated carbocycles.